The van der Waals surface area contributed by atoms with E-state index in [1.54, 1.807) is 13.0 Å². The third kappa shape index (κ3) is 3.90. The molecule has 2 unspecified atom stereocenters. The molecule has 8 heteroatoms. The minimum absolute atomic E-state index is 0. The van der Waals surface area contributed by atoms with Gasteiger partial charge < -0.3 is 15.7 Å². The van der Waals surface area contributed by atoms with Crippen LogP contribution in [0.15, 0.2) is 18.2 Å². The Balaban J connectivity index is 0.00000220. The smallest absolute Gasteiger partial charge is 0.273 e. The molecule has 7 nitrogen and oxygen atoms in total. The number of nitro benzene ring substituents is 1. The summed E-state index contributed by atoms with van der Waals surface area (Å²) in [5, 5.41) is 26.2. The standard InChI is InChI=1S/C13H17N3O4.ClH/c1-8-10(3-2-4-11(8)16(19)20)13(18)15-6-9-5-14-7-12(9)17;/h2-4,9,12,14,17H,5-7H2,1H3,(H,15,18);1H. The topological polar surface area (TPSA) is 104 Å². The summed E-state index contributed by atoms with van der Waals surface area (Å²) in [7, 11) is 0. The maximum Gasteiger partial charge on any atom is 0.273 e. The van der Waals surface area contributed by atoms with Crippen molar-refractivity contribution in [1.82, 2.24) is 10.6 Å². The number of aliphatic hydroxyl groups is 1. The number of nitrogens with one attached hydrogen (secondary N) is 2. The molecule has 0 spiro atoms. The summed E-state index contributed by atoms with van der Waals surface area (Å²) in [6.07, 6.45) is -0.471. The first-order valence-corrected chi connectivity index (χ1v) is 6.41. The van der Waals surface area contributed by atoms with Crippen molar-refractivity contribution in [1.29, 1.82) is 0 Å². The molecule has 1 heterocycles. The third-order valence-corrected chi connectivity index (χ3v) is 3.58. The first kappa shape index (κ1) is 17.4. The average molecular weight is 316 g/mol. The largest absolute Gasteiger partial charge is 0.391 e. The quantitative estimate of drug-likeness (QED) is 0.558. The van der Waals surface area contributed by atoms with Gasteiger partial charge in [0.15, 0.2) is 0 Å². The van der Waals surface area contributed by atoms with Gasteiger partial charge in [0.25, 0.3) is 11.6 Å². The van der Waals surface area contributed by atoms with Gasteiger partial charge in [-0.2, -0.15) is 0 Å². The van der Waals surface area contributed by atoms with Gasteiger partial charge in [0.2, 0.25) is 0 Å². The Kier molecular flexibility index (Phi) is 6.07. The first-order chi connectivity index (χ1) is 9.50. The Hall–Kier alpha value is -1.70. The molecular formula is C13H18ClN3O4. The van der Waals surface area contributed by atoms with E-state index in [0.29, 0.717) is 30.8 Å². The maximum atomic E-state index is 12.1. The highest BCUT2D eigenvalue weighted by atomic mass is 35.5. The van der Waals surface area contributed by atoms with Crippen LogP contribution >= 0.6 is 12.4 Å². The zero-order valence-corrected chi connectivity index (χ0v) is 12.4. The van der Waals surface area contributed by atoms with Crippen molar-refractivity contribution in [2.45, 2.75) is 13.0 Å². The number of hydrogen-bond donors (Lipinski definition) is 3. The highest BCUT2D eigenvalue weighted by Gasteiger charge is 2.26. The van der Waals surface area contributed by atoms with Crippen LogP contribution in [0.25, 0.3) is 0 Å². The highest BCUT2D eigenvalue weighted by molar-refractivity contribution is 5.96. The Morgan fingerprint density at radius 1 is 1.52 bits per heavy atom. The van der Waals surface area contributed by atoms with Crippen LogP contribution in [0.5, 0.6) is 0 Å². The van der Waals surface area contributed by atoms with E-state index in [1.165, 1.54) is 12.1 Å². The number of amides is 1. The number of aliphatic hydroxyl groups excluding tert-OH is 1. The Morgan fingerprint density at radius 3 is 2.81 bits per heavy atom. The molecule has 1 amide bonds. The number of benzene rings is 1. The minimum Gasteiger partial charge on any atom is -0.391 e. The number of hydrogen-bond acceptors (Lipinski definition) is 5. The third-order valence-electron chi connectivity index (χ3n) is 3.58. The maximum absolute atomic E-state index is 12.1. The summed E-state index contributed by atoms with van der Waals surface area (Å²) in [6.45, 7) is 3.07. The fourth-order valence-corrected chi connectivity index (χ4v) is 2.31. The van der Waals surface area contributed by atoms with Crippen LogP contribution in [-0.2, 0) is 0 Å². The first-order valence-electron chi connectivity index (χ1n) is 6.41. The fraction of sp³-hybridized carbons (Fsp3) is 0.462. The van der Waals surface area contributed by atoms with E-state index in [9.17, 15) is 20.0 Å². The molecule has 0 bridgehead atoms. The van der Waals surface area contributed by atoms with Crippen LogP contribution in [-0.4, -0.2) is 41.7 Å². The summed E-state index contributed by atoms with van der Waals surface area (Å²) >= 11 is 0. The lowest BCUT2D eigenvalue weighted by Gasteiger charge is -2.14. The summed E-state index contributed by atoms with van der Waals surface area (Å²) in [4.78, 5) is 22.4. The van der Waals surface area contributed by atoms with Crippen molar-refractivity contribution in [2.75, 3.05) is 19.6 Å². The van der Waals surface area contributed by atoms with Gasteiger partial charge in [0.1, 0.15) is 0 Å². The van der Waals surface area contributed by atoms with E-state index in [0.717, 1.165) is 0 Å². The zero-order valence-electron chi connectivity index (χ0n) is 11.5. The summed E-state index contributed by atoms with van der Waals surface area (Å²) in [6, 6.07) is 4.42. The van der Waals surface area contributed by atoms with Gasteiger partial charge >= 0.3 is 0 Å². The second-order valence-corrected chi connectivity index (χ2v) is 4.90. The van der Waals surface area contributed by atoms with Crippen molar-refractivity contribution >= 4 is 24.0 Å². The number of carbonyl (C=O) groups is 1. The monoisotopic (exact) mass is 315 g/mol. The Labute approximate surface area is 128 Å². The highest BCUT2D eigenvalue weighted by Crippen LogP contribution is 2.21. The van der Waals surface area contributed by atoms with Gasteiger partial charge in [0.05, 0.1) is 11.0 Å². The normalized spacial score (nSPS) is 20.7. The predicted octanol–water partition coefficient (Wildman–Crippen LogP) is 0.635. The second kappa shape index (κ2) is 7.35. The molecular weight excluding hydrogens is 298 g/mol. The van der Waals surface area contributed by atoms with E-state index in [2.05, 4.69) is 10.6 Å². The molecule has 1 aromatic carbocycles. The Morgan fingerprint density at radius 2 is 2.24 bits per heavy atom. The zero-order chi connectivity index (χ0) is 14.7. The number of nitrogens with zero attached hydrogens (tertiary/aromatic N) is 1. The molecule has 1 fully saturated rings. The SMILES string of the molecule is Cc1c(C(=O)NCC2CNCC2O)cccc1[N+](=O)[O-].Cl. The summed E-state index contributed by atoms with van der Waals surface area (Å²) < 4.78 is 0. The molecule has 0 aromatic heterocycles. The second-order valence-electron chi connectivity index (χ2n) is 4.90. The molecule has 1 aliphatic heterocycles. The molecule has 1 aliphatic rings. The van der Waals surface area contributed by atoms with E-state index in [-0.39, 0.29) is 29.9 Å². The van der Waals surface area contributed by atoms with E-state index < -0.39 is 11.0 Å². The summed E-state index contributed by atoms with van der Waals surface area (Å²) in [5.74, 6) is -0.386. The van der Waals surface area contributed by atoms with Crippen LogP contribution in [0.2, 0.25) is 0 Å². The van der Waals surface area contributed by atoms with Gasteiger partial charge in [-0.1, -0.05) is 6.07 Å². The van der Waals surface area contributed by atoms with Crippen molar-refractivity contribution in [3.8, 4) is 0 Å². The molecule has 1 aromatic rings. The fourth-order valence-electron chi connectivity index (χ4n) is 2.31. The molecule has 116 valence electrons. The van der Waals surface area contributed by atoms with Crippen molar-refractivity contribution in [3.63, 3.8) is 0 Å². The molecule has 0 aliphatic carbocycles. The van der Waals surface area contributed by atoms with Crippen molar-refractivity contribution in [3.05, 3.63) is 39.4 Å². The number of rotatable bonds is 4. The van der Waals surface area contributed by atoms with E-state index in [1.807, 2.05) is 0 Å². The molecule has 3 N–H and O–H groups in total. The molecule has 21 heavy (non-hydrogen) atoms. The van der Waals surface area contributed by atoms with Crippen LogP contribution in [0, 0.1) is 23.0 Å². The number of β-amino-alcohol motifs (C(OH)–C–C–N with tert-alkyl or cyclic N) is 1. The van der Waals surface area contributed by atoms with Crippen LogP contribution < -0.4 is 10.6 Å². The van der Waals surface area contributed by atoms with Crippen LogP contribution in [0.3, 0.4) is 0 Å². The number of nitro groups is 1. The molecule has 0 radical (unpaired) electrons. The predicted molar refractivity (Wildman–Crippen MR) is 79.8 cm³/mol. The molecule has 0 saturated carbocycles. The van der Waals surface area contributed by atoms with Gasteiger partial charge in [-0.05, 0) is 13.0 Å². The lowest BCUT2D eigenvalue weighted by atomic mass is 10.0. The Bertz CT molecular complexity index is 538. The lowest BCUT2D eigenvalue weighted by Crippen LogP contribution is -2.34. The van der Waals surface area contributed by atoms with Crippen molar-refractivity contribution < 1.29 is 14.8 Å². The lowest BCUT2D eigenvalue weighted by molar-refractivity contribution is -0.385. The summed E-state index contributed by atoms with van der Waals surface area (Å²) in [5.41, 5.74) is 0.569. The average Bonchev–Trinajstić information content (AvgIpc) is 2.81. The van der Waals surface area contributed by atoms with Gasteiger partial charge in [-0.15, -0.1) is 12.4 Å². The van der Waals surface area contributed by atoms with Gasteiger partial charge in [-0.25, -0.2) is 0 Å². The van der Waals surface area contributed by atoms with Gasteiger partial charge in [-0.3, -0.25) is 14.9 Å². The minimum atomic E-state index is -0.503. The number of halogens is 1. The number of carbonyl (C=O) groups excluding carboxylic acids is 1. The molecule has 2 rings (SSSR count). The molecule has 1 saturated heterocycles. The molecule has 2 atom stereocenters. The van der Waals surface area contributed by atoms with E-state index >= 15 is 0 Å². The van der Waals surface area contributed by atoms with Crippen LogP contribution in [0.1, 0.15) is 15.9 Å². The van der Waals surface area contributed by atoms with Gasteiger partial charge in [0, 0.05) is 42.7 Å². The van der Waals surface area contributed by atoms with Crippen LogP contribution in [0.4, 0.5) is 5.69 Å². The van der Waals surface area contributed by atoms with Crippen molar-refractivity contribution in [2.24, 2.45) is 5.92 Å². The van der Waals surface area contributed by atoms with E-state index in [4.69, 9.17) is 0 Å².